The van der Waals surface area contributed by atoms with Crippen LogP contribution in [0.4, 0.5) is 0 Å². The molecule has 2 aliphatic rings. The van der Waals surface area contributed by atoms with Crippen molar-refractivity contribution in [3.8, 4) is 0 Å². The van der Waals surface area contributed by atoms with E-state index in [1.165, 1.54) is 6.20 Å². The van der Waals surface area contributed by atoms with Gasteiger partial charge in [-0.25, -0.2) is 0 Å². The first-order chi connectivity index (χ1) is 19.5. The fourth-order valence-corrected chi connectivity index (χ4v) is 5.22. The number of nitrogens with zero attached hydrogens (tertiary/aromatic N) is 2. The summed E-state index contributed by atoms with van der Waals surface area (Å²) in [6.07, 6.45) is 1.85. The molecule has 1 aromatic heterocycles. The van der Waals surface area contributed by atoms with Gasteiger partial charge in [-0.1, -0.05) is 29.8 Å². The summed E-state index contributed by atoms with van der Waals surface area (Å²) in [5.74, 6) is -0.417. The number of hydrogen-bond donors (Lipinski definition) is 2. The topological polar surface area (TPSA) is 96.1 Å². The van der Waals surface area contributed by atoms with E-state index in [0.29, 0.717) is 42.2 Å². The molecule has 5 rings (SSSR count). The number of halogens is 1. The van der Waals surface area contributed by atoms with Crippen LogP contribution in [0.15, 0.2) is 53.5 Å². The number of amides is 1. The molecule has 1 amide bonds. The fraction of sp³-hybridized carbons (Fsp3) is 0.467. The van der Waals surface area contributed by atoms with Crippen molar-refractivity contribution in [1.29, 1.82) is 0 Å². The Labute approximate surface area is 239 Å². The molecule has 0 spiro atoms. The molecule has 214 valence electrons. The monoisotopic (exact) mass is 568 g/mol. The highest BCUT2D eigenvalue weighted by molar-refractivity contribution is 6.30. The summed E-state index contributed by atoms with van der Waals surface area (Å²) >= 11 is 6.06. The number of morpholine rings is 2. The maximum atomic E-state index is 13.4. The van der Waals surface area contributed by atoms with E-state index in [1.807, 2.05) is 42.5 Å². The van der Waals surface area contributed by atoms with Crippen molar-refractivity contribution in [2.24, 2.45) is 0 Å². The number of aromatic nitrogens is 1. The summed E-state index contributed by atoms with van der Waals surface area (Å²) in [4.78, 5) is 34.3. The smallest absolute Gasteiger partial charge is 0.256 e. The van der Waals surface area contributed by atoms with Gasteiger partial charge >= 0.3 is 0 Å². The molecular formula is C30H37ClN4O5. The molecule has 3 aromatic rings. The molecule has 2 N–H and O–H groups in total. The van der Waals surface area contributed by atoms with Crippen molar-refractivity contribution in [3.05, 3.63) is 80.6 Å². The highest BCUT2D eigenvalue weighted by atomic mass is 35.5. The number of carbonyl (C=O) groups excluding carboxylic acids is 1. The second-order valence-electron chi connectivity index (χ2n) is 10.3. The summed E-state index contributed by atoms with van der Waals surface area (Å²) in [6, 6.07) is 13.4. The van der Waals surface area contributed by atoms with Gasteiger partial charge in [0.15, 0.2) is 0 Å². The summed E-state index contributed by atoms with van der Waals surface area (Å²) in [5, 5.41) is 4.12. The molecule has 1 atom stereocenters. The van der Waals surface area contributed by atoms with Crippen molar-refractivity contribution in [3.63, 3.8) is 0 Å². The molecule has 40 heavy (non-hydrogen) atoms. The highest BCUT2D eigenvalue weighted by Crippen LogP contribution is 2.15. The Hall–Kier alpha value is -2.79. The molecule has 0 radical (unpaired) electrons. The van der Waals surface area contributed by atoms with Crippen molar-refractivity contribution in [2.75, 3.05) is 72.3 Å². The lowest BCUT2D eigenvalue weighted by atomic mass is 10.1. The van der Waals surface area contributed by atoms with Crippen LogP contribution in [0.3, 0.4) is 0 Å². The quantitative estimate of drug-likeness (QED) is 0.367. The largest absolute Gasteiger partial charge is 0.379 e. The fourth-order valence-electron chi connectivity index (χ4n) is 5.10. The number of H-pyrrole nitrogens is 1. The molecule has 2 aliphatic heterocycles. The first-order valence-corrected chi connectivity index (χ1v) is 14.3. The predicted octanol–water partition coefficient (Wildman–Crippen LogP) is 2.70. The minimum absolute atomic E-state index is 0.0922. The van der Waals surface area contributed by atoms with Crippen LogP contribution in [0.1, 0.15) is 21.5 Å². The molecule has 0 saturated carbocycles. The van der Waals surface area contributed by atoms with Crippen LogP contribution >= 0.6 is 11.6 Å². The zero-order valence-electron chi connectivity index (χ0n) is 22.7. The second kappa shape index (κ2) is 14.2. The molecule has 2 saturated heterocycles. The Morgan fingerprint density at radius 3 is 2.38 bits per heavy atom. The average Bonchev–Trinajstić information content (AvgIpc) is 2.98. The number of pyridine rings is 1. The van der Waals surface area contributed by atoms with E-state index in [-0.39, 0.29) is 23.6 Å². The van der Waals surface area contributed by atoms with Crippen molar-refractivity contribution >= 4 is 28.4 Å². The zero-order chi connectivity index (χ0) is 27.7. The Bertz CT molecular complexity index is 1320. The molecule has 0 bridgehead atoms. The summed E-state index contributed by atoms with van der Waals surface area (Å²) in [7, 11) is 0. The molecular weight excluding hydrogens is 532 g/mol. The minimum Gasteiger partial charge on any atom is -0.379 e. The molecule has 10 heteroatoms. The third-order valence-corrected chi connectivity index (χ3v) is 7.68. The SMILES string of the molecule is O=C(NCC(Cc1ccc(Cl)cc1)OCCN1CCOCC1)c1c[nH]c2ccc(CN3CCOCC3)cc2c1=O. The lowest BCUT2D eigenvalue weighted by Crippen LogP contribution is -2.40. The summed E-state index contributed by atoms with van der Waals surface area (Å²) < 4.78 is 17.1. The Morgan fingerprint density at radius 2 is 1.65 bits per heavy atom. The van der Waals surface area contributed by atoms with Crippen LogP contribution in [-0.2, 0) is 27.2 Å². The normalized spacial score (nSPS) is 17.6. The van der Waals surface area contributed by atoms with E-state index in [0.717, 1.165) is 63.6 Å². The van der Waals surface area contributed by atoms with Gasteiger partial charge < -0.3 is 24.5 Å². The van der Waals surface area contributed by atoms with E-state index in [2.05, 4.69) is 20.1 Å². The molecule has 9 nitrogen and oxygen atoms in total. The minimum atomic E-state index is -0.417. The average molecular weight is 569 g/mol. The van der Waals surface area contributed by atoms with Crippen LogP contribution < -0.4 is 10.7 Å². The number of nitrogens with one attached hydrogen (secondary N) is 2. The van der Waals surface area contributed by atoms with Gasteiger partial charge in [0.25, 0.3) is 5.91 Å². The summed E-state index contributed by atoms with van der Waals surface area (Å²) in [5.41, 5.74) is 2.62. The van der Waals surface area contributed by atoms with E-state index in [1.54, 1.807) is 0 Å². The van der Waals surface area contributed by atoms with Gasteiger partial charge in [0.2, 0.25) is 5.43 Å². The summed E-state index contributed by atoms with van der Waals surface area (Å²) in [6.45, 7) is 8.76. The molecule has 0 aliphatic carbocycles. The molecule has 1 unspecified atom stereocenters. The van der Waals surface area contributed by atoms with Crippen LogP contribution in [-0.4, -0.2) is 99.1 Å². The van der Waals surface area contributed by atoms with Gasteiger partial charge in [-0.3, -0.25) is 19.4 Å². The number of hydrogen-bond acceptors (Lipinski definition) is 7. The standard InChI is InChI=1S/C30H37ClN4O5/c31-24-4-1-22(2-5-24)17-25(40-16-11-34-7-12-38-13-8-34)19-33-30(37)27-20-32-28-6-3-23(18-26(28)29(27)36)21-35-9-14-39-15-10-35/h1-6,18,20,25H,7-17,19,21H2,(H,32,36)(H,33,37). The lowest BCUT2D eigenvalue weighted by Gasteiger charge is -2.27. The first-order valence-electron chi connectivity index (χ1n) is 13.9. The third-order valence-electron chi connectivity index (χ3n) is 7.43. The Morgan fingerprint density at radius 1 is 0.975 bits per heavy atom. The van der Waals surface area contributed by atoms with E-state index in [9.17, 15) is 9.59 Å². The second-order valence-corrected chi connectivity index (χ2v) is 10.7. The van der Waals surface area contributed by atoms with Crippen molar-refractivity contribution in [2.45, 2.75) is 19.1 Å². The maximum Gasteiger partial charge on any atom is 0.256 e. The van der Waals surface area contributed by atoms with Crippen LogP contribution in [0, 0.1) is 0 Å². The number of rotatable bonds is 11. The predicted molar refractivity (Wildman–Crippen MR) is 155 cm³/mol. The van der Waals surface area contributed by atoms with Gasteiger partial charge in [0.05, 0.1) is 39.1 Å². The van der Waals surface area contributed by atoms with Crippen molar-refractivity contribution < 1.29 is 19.0 Å². The molecule has 2 aromatic carbocycles. The van der Waals surface area contributed by atoms with Gasteiger partial charge in [-0.05, 0) is 35.4 Å². The maximum absolute atomic E-state index is 13.4. The number of benzene rings is 2. The number of ether oxygens (including phenoxy) is 3. The third kappa shape index (κ3) is 7.90. The van der Waals surface area contributed by atoms with Crippen LogP contribution in [0.25, 0.3) is 10.9 Å². The van der Waals surface area contributed by atoms with E-state index >= 15 is 0 Å². The van der Waals surface area contributed by atoms with Crippen molar-refractivity contribution in [1.82, 2.24) is 20.1 Å². The molecule has 2 fully saturated rings. The van der Waals surface area contributed by atoms with Gasteiger partial charge in [0, 0.05) is 74.4 Å². The van der Waals surface area contributed by atoms with Gasteiger partial charge in [-0.15, -0.1) is 0 Å². The zero-order valence-corrected chi connectivity index (χ0v) is 23.5. The van der Waals surface area contributed by atoms with Crippen LogP contribution in [0.2, 0.25) is 5.02 Å². The number of carbonyl (C=O) groups is 1. The van der Waals surface area contributed by atoms with Gasteiger partial charge in [-0.2, -0.15) is 0 Å². The van der Waals surface area contributed by atoms with Gasteiger partial charge in [0.1, 0.15) is 5.56 Å². The van der Waals surface area contributed by atoms with E-state index in [4.69, 9.17) is 25.8 Å². The lowest BCUT2D eigenvalue weighted by molar-refractivity contribution is 0.00217. The molecule has 3 heterocycles. The van der Waals surface area contributed by atoms with Crippen LogP contribution in [0.5, 0.6) is 0 Å². The first kappa shape index (κ1) is 28.7. The Balaban J connectivity index is 1.24. The number of fused-ring (bicyclic) bond motifs is 1. The van der Waals surface area contributed by atoms with E-state index < -0.39 is 5.91 Å². The highest BCUT2D eigenvalue weighted by Gasteiger charge is 2.18. The number of aromatic amines is 1. The Kier molecular flexibility index (Phi) is 10.2.